The molecule has 0 N–H and O–H groups in total. The molecule has 59 heavy (non-hydrogen) atoms. The molecule has 11 rings (SSSR count). The zero-order chi connectivity index (χ0) is 39.1. The van der Waals surface area contributed by atoms with Crippen molar-refractivity contribution in [1.82, 2.24) is 0 Å². The molecule has 0 spiro atoms. The summed E-state index contributed by atoms with van der Waals surface area (Å²) >= 11 is 0. The fourth-order valence-corrected chi connectivity index (χ4v) is 8.94. The molecule has 0 atom stereocenters. The molecular formula is C58H39N. The van der Waals surface area contributed by atoms with E-state index < -0.39 is 0 Å². The lowest BCUT2D eigenvalue weighted by molar-refractivity contribution is 1.28. The van der Waals surface area contributed by atoms with Gasteiger partial charge in [0.2, 0.25) is 0 Å². The maximum atomic E-state index is 2.40. The number of nitrogens with zero attached hydrogens (tertiary/aromatic N) is 1. The van der Waals surface area contributed by atoms with Crippen LogP contribution in [-0.2, 0) is 0 Å². The number of hydrogen-bond donors (Lipinski definition) is 0. The van der Waals surface area contributed by atoms with Crippen LogP contribution in [0.25, 0.3) is 87.6 Å². The average Bonchev–Trinajstić information content (AvgIpc) is 3.32. The molecule has 0 bridgehead atoms. The molecule has 0 saturated heterocycles. The Hall–Kier alpha value is -7.74. The summed E-state index contributed by atoms with van der Waals surface area (Å²) in [6.45, 7) is 0. The van der Waals surface area contributed by atoms with Gasteiger partial charge in [0.15, 0.2) is 0 Å². The number of rotatable bonds is 7. The molecule has 0 heterocycles. The first-order valence-corrected chi connectivity index (χ1v) is 20.3. The Morgan fingerprint density at radius 2 is 0.746 bits per heavy atom. The average molecular weight is 750 g/mol. The van der Waals surface area contributed by atoms with Crippen molar-refractivity contribution in [3.63, 3.8) is 0 Å². The lowest BCUT2D eigenvalue weighted by Crippen LogP contribution is -2.11. The van der Waals surface area contributed by atoms with Gasteiger partial charge in [0.25, 0.3) is 0 Å². The first kappa shape index (κ1) is 34.5. The Morgan fingerprint density at radius 1 is 0.237 bits per heavy atom. The van der Waals surface area contributed by atoms with E-state index in [-0.39, 0.29) is 0 Å². The van der Waals surface area contributed by atoms with Crippen LogP contribution in [0.4, 0.5) is 17.1 Å². The molecule has 276 valence electrons. The summed E-state index contributed by atoms with van der Waals surface area (Å²) < 4.78 is 0. The fourth-order valence-electron chi connectivity index (χ4n) is 8.94. The van der Waals surface area contributed by atoms with Crippen molar-refractivity contribution in [2.24, 2.45) is 0 Å². The van der Waals surface area contributed by atoms with Gasteiger partial charge in [-0.25, -0.2) is 0 Å². The third-order valence-electron chi connectivity index (χ3n) is 11.8. The second-order valence-corrected chi connectivity index (χ2v) is 15.3. The molecule has 0 unspecified atom stereocenters. The third-order valence-corrected chi connectivity index (χ3v) is 11.8. The smallest absolute Gasteiger partial charge is 0.0540 e. The summed E-state index contributed by atoms with van der Waals surface area (Å²) in [6, 6.07) is 86.2. The summed E-state index contributed by atoms with van der Waals surface area (Å²) in [5.41, 5.74) is 12.9. The van der Waals surface area contributed by atoms with Gasteiger partial charge >= 0.3 is 0 Å². The summed E-state index contributed by atoms with van der Waals surface area (Å²) in [6.07, 6.45) is 0. The van der Waals surface area contributed by atoms with Gasteiger partial charge in [-0.2, -0.15) is 0 Å². The highest BCUT2D eigenvalue weighted by atomic mass is 15.1. The van der Waals surface area contributed by atoms with Crippen LogP contribution < -0.4 is 4.90 Å². The monoisotopic (exact) mass is 749 g/mol. The third kappa shape index (κ3) is 6.30. The van der Waals surface area contributed by atoms with Gasteiger partial charge < -0.3 is 4.90 Å². The van der Waals surface area contributed by atoms with Crippen molar-refractivity contribution >= 4 is 60.2 Å². The van der Waals surface area contributed by atoms with Crippen molar-refractivity contribution in [1.29, 1.82) is 0 Å². The van der Waals surface area contributed by atoms with Crippen molar-refractivity contribution < 1.29 is 0 Å². The van der Waals surface area contributed by atoms with Gasteiger partial charge in [-0.3, -0.25) is 0 Å². The molecular weight excluding hydrogens is 711 g/mol. The normalized spacial score (nSPS) is 11.4. The predicted molar refractivity (Wildman–Crippen MR) is 253 cm³/mol. The van der Waals surface area contributed by atoms with E-state index in [1.165, 1.54) is 82.0 Å². The highest BCUT2D eigenvalue weighted by Crippen LogP contribution is 2.43. The summed E-state index contributed by atoms with van der Waals surface area (Å²) in [5.74, 6) is 0. The first-order valence-electron chi connectivity index (χ1n) is 20.3. The zero-order valence-corrected chi connectivity index (χ0v) is 32.5. The number of fused-ring (bicyclic) bond motifs is 6. The standard InChI is InChI=1S/C58H39N/c1-2-13-41(14-3-1)54-23-8-9-26-57(54)59(50-34-31-43(32-35-50)53-25-12-17-40-15-4-6-22-52(40)53)51-21-11-20-47(39-51)45-18-10-19-46(37-45)48-33-36-56-49(38-48)30-29-44-28-27-42-16-5-7-24-55(42)58(44)56/h1-39H. The fraction of sp³-hybridized carbons (Fsp3) is 0. The Balaban J connectivity index is 1.00. The number of benzene rings is 11. The van der Waals surface area contributed by atoms with Crippen LogP contribution >= 0.6 is 0 Å². The predicted octanol–water partition coefficient (Wildman–Crippen LogP) is 16.4. The molecule has 1 nitrogen and oxygen atoms in total. The first-order chi connectivity index (χ1) is 29.2. The van der Waals surface area contributed by atoms with Gasteiger partial charge in [0.05, 0.1) is 5.69 Å². The van der Waals surface area contributed by atoms with Crippen LogP contribution in [0.5, 0.6) is 0 Å². The molecule has 0 fully saturated rings. The summed E-state index contributed by atoms with van der Waals surface area (Å²) in [4.78, 5) is 2.40. The van der Waals surface area contributed by atoms with Gasteiger partial charge in [-0.05, 0) is 124 Å². The van der Waals surface area contributed by atoms with Crippen molar-refractivity contribution in [2.45, 2.75) is 0 Å². The Bertz CT molecular complexity index is 3320. The van der Waals surface area contributed by atoms with Gasteiger partial charge in [-0.15, -0.1) is 0 Å². The molecule has 11 aromatic carbocycles. The summed E-state index contributed by atoms with van der Waals surface area (Å²) in [5, 5.41) is 10.2. The van der Waals surface area contributed by atoms with Gasteiger partial charge in [0, 0.05) is 16.9 Å². The highest BCUT2D eigenvalue weighted by molar-refractivity contribution is 6.20. The van der Waals surface area contributed by atoms with E-state index in [9.17, 15) is 0 Å². The van der Waals surface area contributed by atoms with E-state index in [2.05, 4.69) is 241 Å². The van der Waals surface area contributed by atoms with E-state index in [0.29, 0.717) is 0 Å². The minimum Gasteiger partial charge on any atom is -0.310 e. The second kappa shape index (κ2) is 14.6. The van der Waals surface area contributed by atoms with Crippen molar-refractivity contribution in [3.05, 3.63) is 237 Å². The van der Waals surface area contributed by atoms with Gasteiger partial charge in [0.1, 0.15) is 0 Å². The van der Waals surface area contributed by atoms with Crippen LogP contribution in [0.2, 0.25) is 0 Å². The minimum absolute atomic E-state index is 1.10. The molecule has 0 aromatic heterocycles. The molecule has 0 radical (unpaired) electrons. The Kier molecular flexibility index (Phi) is 8.56. The second-order valence-electron chi connectivity index (χ2n) is 15.3. The van der Waals surface area contributed by atoms with Crippen molar-refractivity contribution in [3.8, 4) is 44.5 Å². The SMILES string of the molecule is c1ccc(-c2ccccc2N(c2ccc(-c3cccc4ccccc34)cc2)c2cccc(-c3cccc(-c4ccc5c(ccc6ccc7ccccc7c65)c4)c3)c2)cc1. The van der Waals surface area contributed by atoms with Gasteiger partial charge in [-0.1, -0.05) is 194 Å². The Labute approximate surface area is 344 Å². The van der Waals surface area contributed by atoms with E-state index >= 15 is 0 Å². The maximum Gasteiger partial charge on any atom is 0.0540 e. The number of para-hydroxylation sites is 1. The molecule has 11 aromatic rings. The van der Waals surface area contributed by atoms with Crippen LogP contribution in [0, 0.1) is 0 Å². The molecule has 0 aliphatic rings. The molecule has 0 saturated carbocycles. The Morgan fingerprint density at radius 3 is 1.56 bits per heavy atom. The zero-order valence-electron chi connectivity index (χ0n) is 32.5. The largest absolute Gasteiger partial charge is 0.310 e. The maximum absolute atomic E-state index is 2.40. The lowest BCUT2D eigenvalue weighted by atomic mass is 9.93. The van der Waals surface area contributed by atoms with Crippen LogP contribution in [-0.4, -0.2) is 0 Å². The molecule has 0 aliphatic carbocycles. The van der Waals surface area contributed by atoms with E-state index in [0.717, 1.165) is 22.6 Å². The summed E-state index contributed by atoms with van der Waals surface area (Å²) in [7, 11) is 0. The molecule has 1 heteroatoms. The van der Waals surface area contributed by atoms with E-state index in [1.54, 1.807) is 0 Å². The quantitative estimate of drug-likeness (QED) is 0.147. The number of hydrogen-bond acceptors (Lipinski definition) is 1. The van der Waals surface area contributed by atoms with Crippen LogP contribution in [0.15, 0.2) is 237 Å². The topological polar surface area (TPSA) is 3.24 Å². The van der Waals surface area contributed by atoms with Crippen LogP contribution in [0.1, 0.15) is 0 Å². The molecule has 0 aliphatic heterocycles. The highest BCUT2D eigenvalue weighted by Gasteiger charge is 2.18. The minimum atomic E-state index is 1.10. The van der Waals surface area contributed by atoms with E-state index in [4.69, 9.17) is 0 Å². The number of anilines is 3. The van der Waals surface area contributed by atoms with Crippen molar-refractivity contribution in [2.75, 3.05) is 4.90 Å². The molecule has 0 amide bonds. The van der Waals surface area contributed by atoms with E-state index in [1.807, 2.05) is 0 Å². The lowest BCUT2D eigenvalue weighted by Gasteiger charge is -2.28. The van der Waals surface area contributed by atoms with Crippen LogP contribution in [0.3, 0.4) is 0 Å².